The average Bonchev–Trinajstić information content (AvgIpc) is 2.29. The standard InChI is InChI=1S/C12H8ClF2P/c13-16(11-7-3-1-5-9(11)14)12-8-4-2-6-10(12)15/h1-8H. The van der Waals surface area contributed by atoms with Gasteiger partial charge in [0.1, 0.15) is 11.6 Å². The van der Waals surface area contributed by atoms with Gasteiger partial charge in [-0.15, -0.1) is 0 Å². The van der Waals surface area contributed by atoms with Crippen LogP contribution in [0.3, 0.4) is 0 Å². The highest BCUT2D eigenvalue weighted by Gasteiger charge is 2.17. The van der Waals surface area contributed by atoms with E-state index >= 15 is 0 Å². The van der Waals surface area contributed by atoms with Gasteiger partial charge < -0.3 is 0 Å². The van der Waals surface area contributed by atoms with Crippen molar-refractivity contribution in [2.45, 2.75) is 0 Å². The lowest BCUT2D eigenvalue weighted by Crippen LogP contribution is -2.14. The van der Waals surface area contributed by atoms with E-state index in [1.165, 1.54) is 12.1 Å². The summed E-state index contributed by atoms with van der Waals surface area (Å²) in [5.74, 6) is -0.793. The van der Waals surface area contributed by atoms with Crippen LogP contribution >= 0.6 is 18.5 Å². The summed E-state index contributed by atoms with van der Waals surface area (Å²) in [5.41, 5.74) is 0. The van der Waals surface area contributed by atoms with Gasteiger partial charge in [0.25, 0.3) is 0 Å². The van der Waals surface area contributed by atoms with E-state index < -0.39 is 18.9 Å². The molecule has 0 saturated heterocycles. The van der Waals surface area contributed by atoms with Crippen molar-refractivity contribution in [2.24, 2.45) is 0 Å². The molecule has 0 spiro atoms. The molecule has 0 saturated carbocycles. The molecule has 0 radical (unpaired) electrons. The second-order valence-corrected chi connectivity index (χ2v) is 5.72. The smallest absolute Gasteiger partial charge is 0.132 e. The molecule has 2 aromatic carbocycles. The summed E-state index contributed by atoms with van der Waals surface area (Å²) in [6, 6.07) is 12.4. The van der Waals surface area contributed by atoms with Crippen molar-refractivity contribution >= 4 is 29.1 Å². The van der Waals surface area contributed by atoms with E-state index in [-0.39, 0.29) is 0 Å². The lowest BCUT2D eigenvalue weighted by atomic mass is 10.3. The van der Waals surface area contributed by atoms with E-state index in [2.05, 4.69) is 0 Å². The predicted molar refractivity (Wildman–Crippen MR) is 64.8 cm³/mol. The molecule has 0 heterocycles. The van der Waals surface area contributed by atoms with Gasteiger partial charge in [0.2, 0.25) is 0 Å². The Kier molecular flexibility index (Phi) is 3.52. The maximum atomic E-state index is 13.5. The van der Waals surface area contributed by atoms with Crippen molar-refractivity contribution in [1.82, 2.24) is 0 Å². The molecule has 0 aliphatic carbocycles. The van der Waals surface area contributed by atoms with Crippen LogP contribution < -0.4 is 10.6 Å². The first kappa shape index (κ1) is 11.5. The molecule has 0 bridgehead atoms. The maximum absolute atomic E-state index is 13.5. The molecular formula is C12H8ClF2P. The van der Waals surface area contributed by atoms with Crippen LogP contribution in [0.4, 0.5) is 8.78 Å². The summed E-state index contributed by atoms with van der Waals surface area (Å²) in [6.07, 6.45) is 0. The van der Waals surface area contributed by atoms with Crippen LogP contribution in [-0.4, -0.2) is 0 Å². The largest absolute Gasteiger partial charge is 0.206 e. The minimum absolute atomic E-state index is 0.351. The van der Waals surface area contributed by atoms with E-state index in [1.807, 2.05) is 0 Å². The lowest BCUT2D eigenvalue weighted by Gasteiger charge is -2.11. The Morgan fingerprint density at radius 1 is 0.750 bits per heavy atom. The third kappa shape index (κ3) is 2.23. The SMILES string of the molecule is Fc1ccccc1P(Cl)c1ccccc1F. The number of rotatable bonds is 2. The molecule has 0 N–H and O–H groups in total. The first-order valence-corrected chi connectivity index (χ1v) is 6.90. The van der Waals surface area contributed by atoms with Gasteiger partial charge in [0.05, 0.1) is 7.27 Å². The molecule has 82 valence electrons. The van der Waals surface area contributed by atoms with Gasteiger partial charge in [0.15, 0.2) is 0 Å². The number of hydrogen-bond donors (Lipinski definition) is 0. The quantitative estimate of drug-likeness (QED) is 0.721. The Balaban J connectivity index is 2.44. The highest BCUT2D eigenvalue weighted by atomic mass is 35.7. The van der Waals surface area contributed by atoms with Gasteiger partial charge in [-0.3, -0.25) is 0 Å². The highest BCUT2D eigenvalue weighted by Crippen LogP contribution is 2.40. The fourth-order valence-electron chi connectivity index (χ4n) is 1.35. The minimum Gasteiger partial charge on any atom is -0.206 e. The van der Waals surface area contributed by atoms with Gasteiger partial charge in [-0.25, -0.2) is 8.78 Å². The maximum Gasteiger partial charge on any atom is 0.132 e. The highest BCUT2D eigenvalue weighted by molar-refractivity contribution is 7.95. The second kappa shape index (κ2) is 4.90. The Labute approximate surface area is 98.4 Å². The van der Waals surface area contributed by atoms with E-state index in [0.29, 0.717) is 10.6 Å². The molecule has 0 aliphatic rings. The van der Waals surface area contributed by atoms with E-state index in [9.17, 15) is 8.78 Å². The van der Waals surface area contributed by atoms with Gasteiger partial charge in [0, 0.05) is 10.6 Å². The summed E-state index contributed by atoms with van der Waals surface area (Å²) in [5, 5.41) is 0.702. The summed E-state index contributed by atoms with van der Waals surface area (Å²) in [6.45, 7) is 0. The van der Waals surface area contributed by atoms with E-state index in [0.717, 1.165) is 0 Å². The molecule has 2 rings (SSSR count). The number of hydrogen-bond acceptors (Lipinski definition) is 0. The molecule has 0 aliphatic heterocycles. The van der Waals surface area contributed by atoms with Gasteiger partial charge in [-0.2, -0.15) is 0 Å². The zero-order valence-corrected chi connectivity index (χ0v) is 9.85. The fraction of sp³-hybridized carbons (Fsp3) is 0. The molecular weight excluding hydrogens is 249 g/mol. The van der Waals surface area contributed by atoms with Crippen LogP contribution in [0.5, 0.6) is 0 Å². The third-order valence-electron chi connectivity index (χ3n) is 2.13. The summed E-state index contributed by atoms with van der Waals surface area (Å²) >= 11 is 6.13. The van der Waals surface area contributed by atoms with Crippen LogP contribution in [0.25, 0.3) is 0 Å². The van der Waals surface area contributed by atoms with Crippen LogP contribution in [0, 0.1) is 11.6 Å². The molecule has 0 aromatic heterocycles. The summed E-state index contributed by atoms with van der Waals surface area (Å²) < 4.78 is 26.9. The van der Waals surface area contributed by atoms with Gasteiger partial charge in [-0.05, 0) is 12.1 Å². The van der Waals surface area contributed by atoms with Gasteiger partial charge >= 0.3 is 0 Å². The zero-order chi connectivity index (χ0) is 11.5. The Morgan fingerprint density at radius 2 is 1.12 bits per heavy atom. The average molecular weight is 257 g/mol. The van der Waals surface area contributed by atoms with Crippen molar-refractivity contribution in [3.8, 4) is 0 Å². The molecule has 0 atom stereocenters. The monoisotopic (exact) mass is 256 g/mol. The topological polar surface area (TPSA) is 0 Å². The molecule has 16 heavy (non-hydrogen) atoms. The van der Waals surface area contributed by atoms with Crippen molar-refractivity contribution in [3.63, 3.8) is 0 Å². The first-order valence-electron chi connectivity index (χ1n) is 4.65. The fourth-order valence-corrected chi connectivity index (χ4v) is 3.39. The summed E-state index contributed by atoms with van der Waals surface area (Å²) in [4.78, 5) is 0. The molecule has 0 unspecified atom stereocenters. The third-order valence-corrected chi connectivity index (χ3v) is 4.79. The van der Waals surface area contributed by atoms with Crippen molar-refractivity contribution < 1.29 is 8.78 Å². The van der Waals surface area contributed by atoms with Crippen LogP contribution in [0.1, 0.15) is 0 Å². The van der Waals surface area contributed by atoms with Crippen LogP contribution in [0.15, 0.2) is 48.5 Å². The Morgan fingerprint density at radius 3 is 1.50 bits per heavy atom. The molecule has 2 aromatic rings. The van der Waals surface area contributed by atoms with Crippen molar-refractivity contribution in [3.05, 3.63) is 60.2 Å². The predicted octanol–water partition coefficient (Wildman–Crippen LogP) is 3.55. The minimum atomic E-state index is -1.49. The zero-order valence-electron chi connectivity index (χ0n) is 8.20. The van der Waals surface area contributed by atoms with Crippen molar-refractivity contribution in [2.75, 3.05) is 0 Å². The Bertz CT molecular complexity index is 456. The first-order chi connectivity index (χ1) is 7.70. The van der Waals surface area contributed by atoms with Crippen LogP contribution in [0.2, 0.25) is 0 Å². The van der Waals surface area contributed by atoms with Crippen LogP contribution in [-0.2, 0) is 0 Å². The number of halogens is 3. The Hall–Kier alpha value is -0.980. The van der Waals surface area contributed by atoms with Gasteiger partial charge in [-0.1, -0.05) is 47.6 Å². The lowest BCUT2D eigenvalue weighted by molar-refractivity contribution is 0.634. The van der Waals surface area contributed by atoms with Crippen molar-refractivity contribution in [1.29, 1.82) is 0 Å². The molecule has 4 heteroatoms. The number of benzene rings is 2. The van der Waals surface area contributed by atoms with E-state index in [4.69, 9.17) is 11.2 Å². The second-order valence-electron chi connectivity index (χ2n) is 3.18. The normalized spacial score (nSPS) is 10.8. The summed E-state index contributed by atoms with van der Waals surface area (Å²) in [7, 11) is -1.49. The molecule has 0 nitrogen and oxygen atoms in total. The molecule has 0 fully saturated rings. The molecule has 0 amide bonds. The van der Waals surface area contributed by atoms with E-state index in [1.54, 1.807) is 36.4 Å².